The molecule has 0 radical (unpaired) electrons. The zero-order chi connectivity index (χ0) is 17.5. The van der Waals surface area contributed by atoms with Crippen LogP contribution in [0.1, 0.15) is 21.5 Å². The van der Waals surface area contributed by atoms with Crippen molar-refractivity contribution in [2.45, 2.75) is 13.3 Å². The lowest BCUT2D eigenvalue weighted by Crippen LogP contribution is -2.17. The second kappa shape index (κ2) is 8.11. The van der Waals surface area contributed by atoms with Crippen LogP contribution >= 0.6 is 0 Å². The van der Waals surface area contributed by atoms with Gasteiger partial charge in [0.05, 0.1) is 5.56 Å². The lowest BCUT2D eigenvalue weighted by Gasteiger charge is -2.12. The van der Waals surface area contributed by atoms with Crippen LogP contribution in [0.3, 0.4) is 0 Å². The molecule has 1 amide bonds. The van der Waals surface area contributed by atoms with Crippen molar-refractivity contribution in [3.63, 3.8) is 0 Å². The molecule has 1 heterocycles. The molecule has 2 N–H and O–H groups in total. The molecule has 0 bridgehead atoms. The minimum Gasteiger partial charge on any atom is -0.369 e. The minimum atomic E-state index is -0.162. The van der Waals surface area contributed by atoms with Gasteiger partial charge in [-0.05, 0) is 42.7 Å². The summed E-state index contributed by atoms with van der Waals surface area (Å²) in [5, 5.41) is 6.23. The quantitative estimate of drug-likeness (QED) is 0.708. The van der Waals surface area contributed by atoms with E-state index >= 15 is 0 Å². The first kappa shape index (κ1) is 16.7. The third-order valence-corrected chi connectivity index (χ3v) is 3.99. The molecule has 0 aliphatic rings. The monoisotopic (exact) mass is 331 g/mol. The largest absolute Gasteiger partial charge is 0.369 e. The molecule has 0 spiro atoms. The average Bonchev–Trinajstić information content (AvgIpc) is 2.65. The Morgan fingerprint density at radius 3 is 2.52 bits per heavy atom. The molecule has 0 aliphatic carbocycles. The molecule has 2 aromatic carbocycles. The zero-order valence-corrected chi connectivity index (χ0v) is 14.2. The lowest BCUT2D eigenvalue weighted by molar-refractivity contribution is 0.102. The molecule has 0 unspecified atom stereocenters. The average molecular weight is 331 g/mol. The van der Waals surface area contributed by atoms with Crippen molar-refractivity contribution >= 4 is 17.4 Å². The van der Waals surface area contributed by atoms with Crippen molar-refractivity contribution < 1.29 is 4.79 Å². The fourth-order valence-corrected chi connectivity index (χ4v) is 2.60. The van der Waals surface area contributed by atoms with Crippen molar-refractivity contribution in [2.24, 2.45) is 0 Å². The molecule has 0 saturated heterocycles. The first-order valence-corrected chi connectivity index (χ1v) is 8.34. The van der Waals surface area contributed by atoms with E-state index in [1.165, 1.54) is 5.56 Å². The molecule has 3 rings (SSSR count). The number of hydrogen-bond acceptors (Lipinski definition) is 3. The summed E-state index contributed by atoms with van der Waals surface area (Å²) >= 11 is 0. The fourth-order valence-electron chi connectivity index (χ4n) is 2.60. The summed E-state index contributed by atoms with van der Waals surface area (Å²) in [5.41, 5.74) is 3.63. The third kappa shape index (κ3) is 4.44. The Morgan fingerprint density at radius 2 is 1.72 bits per heavy atom. The number of hydrogen-bond donors (Lipinski definition) is 2. The number of rotatable bonds is 6. The van der Waals surface area contributed by atoms with E-state index in [4.69, 9.17) is 0 Å². The Kier molecular flexibility index (Phi) is 5.42. The van der Waals surface area contributed by atoms with Crippen molar-refractivity contribution in [3.8, 4) is 0 Å². The zero-order valence-electron chi connectivity index (χ0n) is 14.2. The van der Waals surface area contributed by atoms with E-state index in [9.17, 15) is 4.79 Å². The summed E-state index contributed by atoms with van der Waals surface area (Å²) in [5.74, 6) is 0.439. The van der Waals surface area contributed by atoms with E-state index in [0.717, 1.165) is 17.7 Å². The van der Waals surface area contributed by atoms with Crippen LogP contribution in [-0.2, 0) is 6.42 Å². The standard InChI is InChI=1S/C21H21N3O/c1-16-8-5-6-12-19(16)24-21(25)18-11-7-14-22-20(18)23-15-13-17-9-3-2-4-10-17/h2-12,14H,13,15H2,1H3,(H,22,23)(H,24,25). The van der Waals surface area contributed by atoms with Gasteiger partial charge in [-0.2, -0.15) is 0 Å². The number of anilines is 2. The van der Waals surface area contributed by atoms with Gasteiger partial charge in [0, 0.05) is 18.4 Å². The maximum atomic E-state index is 12.6. The first-order valence-electron chi connectivity index (χ1n) is 8.34. The topological polar surface area (TPSA) is 54.0 Å². The van der Waals surface area contributed by atoms with Crippen molar-refractivity contribution in [1.82, 2.24) is 4.98 Å². The second-order valence-corrected chi connectivity index (χ2v) is 5.83. The summed E-state index contributed by atoms with van der Waals surface area (Å²) in [4.78, 5) is 17.0. The van der Waals surface area contributed by atoms with Crippen LogP contribution in [0.2, 0.25) is 0 Å². The summed E-state index contributed by atoms with van der Waals surface area (Å²) < 4.78 is 0. The van der Waals surface area contributed by atoms with Crippen LogP contribution in [0.15, 0.2) is 72.9 Å². The molecule has 0 aliphatic heterocycles. The summed E-state index contributed by atoms with van der Waals surface area (Å²) in [7, 11) is 0. The van der Waals surface area contributed by atoms with Crippen molar-refractivity contribution in [1.29, 1.82) is 0 Å². The van der Waals surface area contributed by atoms with Gasteiger partial charge in [-0.15, -0.1) is 0 Å². The minimum absolute atomic E-state index is 0.162. The molecular formula is C21H21N3O. The summed E-state index contributed by atoms with van der Waals surface area (Å²) in [6.07, 6.45) is 2.56. The number of nitrogens with zero attached hydrogens (tertiary/aromatic N) is 1. The number of pyridine rings is 1. The fraction of sp³-hybridized carbons (Fsp3) is 0.143. The van der Waals surface area contributed by atoms with E-state index in [1.807, 2.05) is 49.4 Å². The number of aryl methyl sites for hydroxylation is 1. The molecule has 0 saturated carbocycles. The molecule has 25 heavy (non-hydrogen) atoms. The van der Waals surface area contributed by atoms with Gasteiger partial charge in [-0.25, -0.2) is 4.98 Å². The van der Waals surface area contributed by atoms with Gasteiger partial charge in [0.1, 0.15) is 5.82 Å². The Morgan fingerprint density at radius 1 is 0.960 bits per heavy atom. The van der Waals surface area contributed by atoms with E-state index in [2.05, 4.69) is 27.8 Å². The smallest absolute Gasteiger partial charge is 0.259 e. The maximum absolute atomic E-state index is 12.6. The molecular weight excluding hydrogens is 310 g/mol. The summed E-state index contributed by atoms with van der Waals surface area (Å²) in [6.45, 7) is 2.68. The highest BCUT2D eigenvalue weighted by molar-refractivity contribution is 6.07. The molecule has 3 aromatic rings. The second-order valence-electron chi connectivity index (χ2n) is 5.83. The van der Waals surface area contributed by atoms with Gasteiger partial charge in [0.15, 0.2) is 0 Å². The third-order valence-electron chi connectivity index (χ3n) is 3.99. The van der Waals surface area contributed by atoms with Crippen molar-refractivity contribution in [2.75, 3.05) is 17.2 Å². The molecule has 0 atom stereocenters. The molecule has 0 fully saturated rings. The highest BCUT2D eigenvalue weighted by Gasteiger charge is 2.13. The van der Waals surface area contributed by atoms with Crippen LogP contribution in [-0.4, -0.2) is 17.4 Å². The Hall–Kier alpha value is -3.14. The maximum Gasteiger partial charge on any atom is 0.259 e. The number of carbonyl (C=O) groups excluding carboxylic acids is 1. The van der Waals surface area contributed by atoms with Crippen molar-refractivity contribution in [3.05, 3.63) is 89.6 Å². The number of para-hydroxylation sites is 1. The van der Waals surface area contributed by atoms with E-state index in [0.29, 0.717) is 17.9 Å². The van der Waals surface area contributed by atoms with Gasteiger partial charge >= 0.3 is 0 Å². The molecule has 126 valence electrons. The predicted molar refractivity (Wildman–Crippen MR) is 102 cm³/mol. The SMILES string of the molecule is Cc1ccccc1NC(=O)c1cccnc1NCCc1ccccc1. The van der Waals surface area contributed by atoms with Gasteiger partial charge in [0.2, 0.25) is 0 Å². The Bertz CT molecular complexity index is 847. The van der Waals surface area contributed by atoms with Crippen LogP contribution in [0.25, 0.3) is 0 Å². The number of nitrogens with one attached hydrogen (secondary N) is 2. The van der Waals surface area contributed by atoms with Crippen LogP contribution < -0.4 is 10.6 Å². The van der Waals surface area contributed by atoms with E-state index < -0.39 is 0 Å². The van der Waals surface area contributed by atoms with Crippen LogP contribution in [0, 0.1) is 6.92 Å². The number of amides is 1. The van der Waals surface area contributed by atoms with Gasteiger partial charge in [-0.1, -0.05) is 48.5 Å². The number of benzene rings is 2. The lowest BCUT2D eigenvalue weighted by atomic mass is 10.1. The normalized spacial score (nSPS) is 10.3. The van der Waals surface area contributed by atoms with Gasteiger partial charge < -0.3 is 10.6 Å². The van der Waals surface area contributed by atoms with Crippen LogP contribution in [0.4, 0.5) is 11.5 Å². The Balaban J connectivity index is 1.68. The summed E-state index contributed by atoms with van der Waals surface area (Å²) in [6, 6.07) is 21.5. The molecule has 1 aromatic heterocycles. The van der Waals surface area contributed by atoms with Crippen LogP contribution in [0.5, 0.6) is 0 Å². The number of carbonyl (C=O) groups is 1. The van der Waals surface area contributed by atoms with Gasteiger partial charge in [0.25, 0.3) is 5.91 Å². The van der Waals surface area contributed by atoms with Gasteiger partial charge in [-0.3, -0.25) is 4.79 Å². The molecule has 4 nitrogen and oxygen atoms in total. The Labute approximate surface area is 147 Å². The number of aromatic nitrogens is 1. The van der Waals surface area contributed by atoms with E-state index in [1.54, 1.807) is 18.3 Å². The highest BCUT2D eigenvalue weighted by Crippen LogP contribution is 2.17. The predicted octanol–water partition coefficient (Wildman–Crippen LogP) is 4.30. The molecule has 4 heteroatoms. The van der Waals surface area contributed by atoms with E-state index in [-0.39, 0.29) is 5.91 Å². The highest BCUT2D eigenvalue weighted by atomic mass is 16.1. The first-order chi connectivity index (χ1) is 12.2.